The lowest BCUT2D eigenvalue weighted by Crippen LogP contribution is -2.45. The molecule has 0 unspecified atom stereocenters. The molecule has 130 valence electrons. The van der Waals surface area contributed by atoms with Crippen LogP contribution in [-0.4, -0.2) is 16.7 Å². The third-order valence-electron chi connectivity index (χ3n) is 5.59. The zero-order valence-corrected chi connectivity index (χ0v) is 15.0. The third-order valence-corrected chi connectivity index (χ3v) is 5.59. The van der Waals surface area contributed by atoms with E-state index in [0.29, 0.717) is 17.9 Å². The first-order chi connectivity index (χ1) is 11.4. The van der Waals surface area contributed by atoms with E-state index in [1.807, 2.05) is 6.08 Å². The average Bonchev–Trinajstić information content (AvgIpc) is 2.54. The van der Waals surface area contributed by atoms with Gasteiger partial charge in [0.1, 0.15) is 11.4 Å². The number of carboxylic acid groups (broad SMARTS) is 1. The molecule has 1 aliphatic heterocycles. The molecule has 0 fully saturated rings. The summed E-state index contributed by atoms with van der Waals surface area (Å²) in [6, 6.07) is 6.52. The van der Waals surface area contributed by atoms with Crippen molar-refractivity contribution in [1.29, 1.82) is 0 Å². The molecule has 1 N–H and O–H groups in total. The Labute approximate surface area is 144 Å². The molecule has 0 amide bonds. The molecular formula is C21H28O3. The monoisotopic (exact) mass is 328 g/mol. The van der Waals surface area contributed by atoms with E-state index >= 15 is 0 Å². The van der Waals surface area contributed by atoms with Crippen molar-refractivity contribution < 1.29 is 14.6 Å². The van der Waals surface area contributed by atoms with Gasteiger partial charge in [0.25, 0.3) is 0 Å². The topological polar surface area (TPSA) is 46.5 Å². The van der Waals surface area contributed by atoms with E-state index in [1.54, 1.807) is 0 Å². The zero-order valence-electron chi connectivity index (χ0n) is 15.0. The van der Waals surface area contributed by atoms with Crippen LogP contribution < -0.4 is 4.74 Å². The van der Waals surface area contributed by atoms with Gasteiger partial charge in [-0.15, -0.1) is 0 Å². The van der Waals surface area contributed by atoms with E-state index in [0.717, 1.165) is 24.2 Å². The molecule has 2 aliphatic rings. The van der Waals surface area contributed by atoms with Crippen LogP contribution in [0.1, 0.15) is 69.9 Å². The van der Waals surface area contributed by atoms with E-state index in [9.17, 15) is 9.90 Å². The second-order valence-corrected chi connectivity index (χ2v) is 7.70. The molecule has 0 radical (unpaired) electrons. The standard InChI is InChI=1S/C21H28O3/c1-4-5-6-7-14-8-10-16-17-13-15(20(22)23)9-11-18(17)21(2,3)24-19(16)12-14/h8,10,12-13,17-18H,4-7,9,11H2,1-3H3,(H,22,23)/t17-,18+/m0/s1. The Kier molecular flexibility index (Phi) is 4.71. The van der Waals surface area contributed by atoms with Gasteiger partial charge in [-0.05, 0) is 51.2 Å². The number of ether oxygens (including phenoxy) is 1. The maximum absolute atomic E-state index is 11.4. The number of fused-ring (bicyclic) bond motifs is 3. The molecule has 0 spiro atoms. The van der Waals surface area contributed by atoms with Crippen molar-refractivity contribution in [2.45, 2.75) is 70.8 Å². The second-order valence-electron chi connectivity index (χ2n) is 7.70. The zero-order chi connectivity index (χ0) is 17.3. The summed E-state index contributed by atoms with van der Waals surface area (Å²) in [5.74, 6) is 0.640. The SMILES string of the molecule is CCCCCc1ccc2c(c1)OC(C)(C)[C@@H]1CCC(C(=O)O)=C[C@@H]21. The Morgan fingerprint density at radius 1 is 1.33 bits per heavy atom. The molecule has 24 heavy (non-hydrogen) atoms. The van der Waals surface area contributed by atoms with Gasteiger partial charge in [0, 0.05) is 23.0 Å². The lowest BCUT2D eigenvalue weighted by Gasteiger charge is -2.46. The van der Waals surface area contributed by atoms with Crippen LogP contribution >= 0.6 is 0 Å². The second kappa shape index (κ2) is 6.62. The largest absolute Gasteiger partial charge is 0.487 e. The quantitative estimate of drug-likeness (QED) is 0.765. The Bertz CT molecular complexity index is 657. The van der Waals surface area contributed by atoms with Gasteiger partial charge in [-0.1, -0.05) is 38.0 Å². The Morgan fingerprint density at radius 2 is 2.12 bits per heavy atom. The summed E-state index contributed by atoms with van der Waals surface area (Å²) >= 11 is 0. The van der Waals surface area contributed by atoms with Crippen LogP contribution in [0.2, 0.25) is 0 Å². The molecule has 0 saturated heterocycles. The first-order valence-electron chi connectivity index (χ1n) is 9.18. The van der Waals surface area contributed by atoms with Gasteiger partial charge in [-0.2, -0.15) is 0 Å². The highest BCUT2D eigenvalue weighted by atomic mass is 16.5. The van der Waals surface area contributed by atoms with E-state index in [1.165, 1.54) is 24.8 Å². The number of carbonyl (C=O) groups is 1. The lowest BCUT2D eigenvalue weighted by molar-refractivity contribution is -0.133. The van der Waals surface area contributed by atoms with Crippen molar-refractivity contribution in [2.75, 3.05) is 0 Å². The number of aryl methyl sites for hydroxylation is 1. The van der Waals surface area contributed by atoms with Crippen LogP contribution in [0.15, 0.2) is 29.8 Å². The summed E-state index contributed by atoms with van der Waals surface area (Å²) in [6.07, 6.45) is 8.22. The van der Waals surface area contributed by atoms with Crippen LogP contribution in [0.25, 0.3) is 0 Å². The third kappa shape index (κ3) is 3.22. The number of unbranched alkanes of at least 4 members (excludes halogenated alkanes) is 2. The van der Waals surface area contributed by atoms with Crippen molar-refractivity contribution in [2.24, 2.45) is 5.92 Å². The van der Waals surface area contributed by atoms with Crippen molar-refractivity contribution in [3.63, 3.8) is 0 Å². The van der Waals surface area contributed by atoms with Gasteiger partial charge in [-0.3, -0.25) is 0 Å². The molecule has 1 heterocycles. The molecule has 3 nitrogen and oxygen atoms in total. The predicted octanol–water partition coefficient (Wildman–Crippen LogP) is 5.09. The highest BCUT2D eigenvalue weighted by Crippen LogP contribution is 2.50. The van der Waals surface area contributed by atoms with Crippen LogP contribution in [0, 0.1) is 5.92 Å². The highest BCUT2D eigenvalue weighted by molar-refractivity contribution is 5.87. The Morgan fingerprint density at radius 3 is 2.83 bits per heavy atom. The highest BCUT2D eigenvalue weighted by Gasteiger charge is 2.44. The Balaban J connectivity index is 1.94. The minimum atomic E-state index is -0.782. The molecule has 2 atom stereocenters. The molecule has 0 bridgehead atoms. The van der Waals surface area contributed by atoms with Gasteiger partial charge in [0.15, 0.2) is 0 Å². The summed E-state index contributed by atoms with van der Waals surface area (Å²) in [6.45, 7) is 6.49. The molecule has 1 aliphatic carbocycles. The lowest BCUT2D eigenvalue weighted by atomic mass is 9.68. The van der Waals surface area contributed by atoms with Gasteiger partial charge in [-0.25, -0.2) is 4.79 Å². The van der Waals surface area contributed by atoms with Gasteiger partial charge < -0.3 is 9.84 Å². The fourth-order valence-corrected chi connectivity index (χ4v) is 4.21. The first kappa shape index (κ1) is 17.1. The molecule has 0 aromatic heterocycles. The normalized spacial score (nSPS) is 24.4. The van der Waals surface area contributed by atoms with E-state index < -0.39 is 5.97 Å². The number of rotatable bonds is 5. The molecule has 1 aromatic rings. The number of aliphatic carboxylic acids is 1. The summed E-state index contributed by atoms with van der Waals surface area (Å²) in [5.41, 5.74) is 2.75. The fourth-order valence-electron chi connectivity index (χ4n) is 4.21. The molecular weight excluding hydrogens is 300 g/mol. The number of hydrogen-bond donors (Lipinski definition) is 1. The van der Waals surface area contributed by atoms with Crippen molar-refractivity contribution in [3.05, 3.63) is 41.0 Å². The fraction of sp³-hybridized carbons (Fsp3) is 0.571. The molecule has 3 rings (SSSR count). The van der Waals surface area contributed by atoms with Crippen LogP contribution in [0.4, 0.5) is 0 Å². The summed E-state index contributed by atoms with van der Waals surface area (Å²) in [7, 11) is 0. The minimum Gasteiger partial charge on any atom is -0.487 e. The van der Waals surface area contributed by atoms with Crippen LogP contribution in [-0.2, 0) is 11.2 Å². The average molecular weight is 328 g/mol. The van der Waals surface area contributed by atoms with Gasteiger partial charge >= 0.3 is 5.97 Å². The van der Waals surface area contributed by atoms with Crippen LogP contribution in [0.3, 0.4) is 0 Å². The number of benzene rings is 1. The number of carboxylic acids is 1. The summed E-state index contributed by atoms with van der Waals surface area (Å²) < 4.78 is 6.35. The number of allylic oxidation sites excluding steroid dienone is 1. The number of hydrogen-bond acceptors (Lipinski definition) is 2. The summed E-state index contributed by atoms with van der Waals surface area (Å²) in [5, 5.41) is 9.37. The van der Waals surface area contributed by atoms with Crippen molar-refractivity contribution >= 4 is 5.97 Å². The molecule has 3 heteroatoms. The van der Waals surface area contributed by atoms with E-state index in [4.69, 9.17) is 4.74 Å². The molecule has 0 saturated carbocycles. The first-order valence-corrected chi connectivity index (χ1v) is 9.18. The van der Waals surface area contributed by atoms with E-state index in [-0.39, 0.29) is 11.5 Å². The predicted molar refractivity (Wildman–Crippen MR) is 95.6 cm³/mol. The van der Waals surface area contributed by atoms with E-state index in [2.05, 4.69) is 39.0 Å². The smallest absolute Gasteiger partial charge is 0.331 e. The molecule has 1 aromatic carbocycles. The minimum absolute atomic E-state index is 0.147. The van der Waals surface area contributed by atoms with Crippen molar-refractivity contribution in [1.82, 2.24) is 0 Å². The van der Waals surface area contributed by atoms with Gasteiger partial charge in [0.2, 0.25) is 0 Å². The summed E-state index contributed by atoms with van der Waals surface area (Å²) in [4.78, 5) is 11.4. The van der Waals surface area contributed by atoms with Gasteiger partial charge in [0.05, 0.1) is 0 Å². The van der Waals surface area contributed by atoms with Crippen molar-refractivity contribution in [3.8, 4) is 5.75 Å². The Hall–Kier alpha value is -1.77. The van der Waals surface area contributed by atoms with Crippen LogP contribution in [0.5, 0.6) is 5.75 Å². The maximum Gasteiger partial charge on any atom is 0.331 e. The maximum atomic E-state index is 11.4.